The number of hydrogen-bond donors (Lipinski definition) is 0. The lowest BCUT2D eigenvalue weighted by molar-refractivity contribution is 0.631. The monoisotopic (exact) mass is 1970 g/mol. The van der Waals surface area contributed by atoms with Gasteiger partial charge in [0.2, 0.25) is 0 Å². The Morgan fingerprint density at radius 3 is 0.780 bits per heavy atom. The Balaban J connectivity index is 0.000000102. The van der Waals surface area contributed by atoms with Crippen LogP contribution in [0.15, 0.2) is 468 Å². The van der Waals surface area contributed by atoms with Gasteiger partial charge in [0.15, 0.2) is 0 Å². The predicted octanol–water partition coefficient (Wildman–Crippen LogP) is 40.6. The minimum atomic E-state index is -0.170. The van der Waals surface area contributed by atoms with E-state index in [1.54, 1.807) is 0 Å². The Hall–Kier alpha value is -17.7. The van der Waals surface area contributed by atoms with Crippen LogP contribution in [0.2, 0.25) is 0 Å². The van der Waals surface area contributed by atoms with Crippen LogP contribution in [0.4, 0.5) is 0 Å². The van der Waals surface area contributed by atoms with Gasteiger partial charge in [-0.25, -0.2) is 0 Å². The van der Waals surface area contributed by atoms with Crippen LogP contribution in [-0.2, 0) is 16.2 Å². The average molecular weight is 1970 g/mol. The fourth-order valence-electron chi connectivity index (χ4n) is 25.9. The smallest absolute Gasteiger partial charge is 0.135 e. The van der Waals surface area contributed by atoms with Gasteiger partial charge in [0.05, 0.1) is 33.1 Å². The highest BCUT2D eigenvalue weighted by molar-refractivity contribution is 7.26. The van der Waals surface area contributed by atoms with Crippen LogP contribution in [0, 0.1) is 0 Å². The summed E-state index contributed by atoms with van der Waals surface area (Å²) in [5, 5.41) is 19.0. The van der Waals surface area contributed by atoms with Gasteiger partial charge in [0, 0.05) is 159 Å². The molecule has 3 aliphatic rings. The first kappa shape index (κ1) is 86.6. The number of nitrogens with zero attached hydrogens (tertiary/aromatic N) is 3. The molecule has 0 spiro atoms. The lowest BCUT2D eigenvalue weighted by Crippen LogP contribution is -2.15. The van der Waals surface area contributed by atoms with Crippen molar-refractivity contribution in [1.29, 1.82) is 0 Å². The van der Waals surface area contributed by atoms with Crippen LogP contribution >= 0.6 is 34.0 Å². The van der Waals surface area contributed by atoms with Crippen LogP contribution in [0.5, 0.6) is 0 Å². The molecule has 3 aliphatic carbocycles. The molecule has 9 heteroatoms. The van der Waals surface area contributed by atoms with Crippen LogP contribution in [0.3, 0.4) is 0 Å². The quantitative estimate of drug-likeness (QED) is 0.145. The Morgan fingerprint density at radius 2 is 0.433 bits per heavy atom. The molecule has 0 bridgehead atoms. The maximum atomic E-state index is 6.40. The highest BCUT2D eigenvalue weighted by Crippen LogP contribution is 2.60. The maximum Gasteiger partial charge on any atom is 0.135 e. The Bertz CT molecular complexity index is 10900. The first-order valence-electron chi connectivity index (χ1n) is 51.8. The van der Waals surface area contributed by atoms with E-state index in [0.717, 1.165) is 66.9 Å². The van der Waals surface area contributed by atoms with Crippen molar-refractivity contribution in [2.45, 2.75) is 57.8 Å². The second-order valence-electron chi connectivity index (χ2n) is 42.4. The van der Waals surface area contributed by atoms with Gasteiger partial charge in [-0.15, -0.1) is 34.0 Å². The number of aromatic nitrogens is 3. The lowest BCUT2D eigenvalue weighted by Gasteiger charge is -2.23. The van der Waals surface area contributed by atoms with E-state index >= 15 is 0 Å². The second kappa shape index (κ2) is 32.6. The van der Waals surface area contributed by atoms with Crippen LogP contribution < -0.4 is 0 Å². The number of benzene rings is 21. The molecule has 0 radical (unpaired) electrons. The molecule has 150 heavy (non-hydrogen) atoms. The van der Waals surface area contributed by atoms with Gasteiger partial charge in [-0.05, 0) is 294 Å². The average Bonchev–Trinajstić information content (AvgIpc) is 1.54. The summed E-state index contributed by atoms with van der Waals surface area (Å²) < 4.78 is 34.5. The van der Waals surface area contributed by atoms with Crippen LogP contribution in [-0.4, -0.2) is 13.7 Å². The van der Waals surface area contributed by atoms with Gasteiger partial charge in [-0.3, -0.25) is 0 Å². The number of rotatable bonds is 9. The summed E-state index contributed by atoms with van der Waals surface area (Å²) in [5.74, 6) is 2.66. The van der Waals surface area contributed by atoms with Crippen molar-refractivity contribution in [3.63, 3.8) is 0 Å². The molecule has 0 saturated carbocycles. The molecular weight excluding hydrogens is 1880 g/mol. The third-order valence-corrected chi connectivity index (χ3v) is 36.4. The predicted molar refractivity (Wildman–Crippen MR) is 636 cm³/mol. The van der Waals surface area contributed by atoms with Crippen LogP contribution in [0.1, 0.15) is 74.9 Å². The topological polar surface area (TPSA) is 54.2 Å². The third-order valence-electron chi connectivity index (χ3n) is 32.9. The lowest BCUT2D eigenvalue weighted by atomic mass is 9.80. The van der Waals surface area contributed by atoms with E-state index in [-0.39, 0.29) is 16.2 Å². The van der Waals surface area contributed by atoms with E-state index in [1.165, 1.54) is 243 Å². The van der Waals surface area contributed by atoms with E-state index in [0.29, 0.717) is 0 Å². The van der Waals surface area contributed by atoms with Crippen molar-refractivity contribution in [3.8, 4) is 118 Å². The summed E-state index contributed by atoms with van der Waals surface area (Å²) in [7, 11) is 0. The van der Waals surface area contributed by atoms with E-state index in [2.05, 4.69) is 474 Å². The molecule has 9 aromatic heterocycles. The van der Waals surface area contributed by atoms with E-state index in [4.69, 9.17) is 13.3 Å². The minimum Gasteiger partial charge on any atom is -0.456 e. The summed E-state index contributed by atoms with van der Waals surface area (Å²) in [5.41, 5.74) is 40.1. The molecule has 0 atom stereocenters. The zero-order chi connectivity index (χ0) is 99.4. The summed E-state index contributed by atoms with van der Waals surface area (Å²) in [6, 6.07) is 166. The third kappa shape index (κ3) is 13.1. The normalized spacial score (nSPS) is 13.6. The molecule has 0 N–H and O–H groups in total. The van der Waals surface area contributed by atoms with Gasteiger partial charge < -0.3 is 27.0 Å². The molecule has 9 heterocycles. The van der Waals surface area contributed by atoms with Crippen molar-refractivity contribution < 1.29 is 13.3 Å². The molecule has 0 fully saturated rings. The molecule has 21 aromatic carbocycles. The number of furan rings is 3. The van der Waals surface area contributed by atoms with Gasteiger partial charge >= 0.3 is 0 Å². The first-order valence-corrected chi connectivity index (χ1v) is 54.2. The number of thiophene rings is 3. The van der Waals surface area contributed by atoms with E-state index in [9.17, 15) is 0 Å². The number of fused-ring (bicyclic) bond motifs is 33. The molecular formula is C141H93N3O3S3. The first-order chi connectivity index (χ1) is 73.6. The summed E-state index contributed by atoms with van der Waals surface area (Å²) >= 11 is 5.70. The van der Waals surface area contributed by atoms with Crippen molar-refractivity contribution in [3.05, 3.63) is 488 Å². The zero-order valence-electron chi connectivity index (χ0n) is 83.1. The van der Waals surface area contributed by atoms with Crippen molar-refractivity contribution >= 4 is 193 Å². The standard InChI is InChI=1S/C53H35NOS.C47H31NOS.C41H27NOS/c1-53(2)44-31-38(22-23-39(44)40-24-27-50-51(52(40)53)41-13-7-9-15-49(41)56-50)54-45-25-20-35(34-18-16-33(17-19-34)32-10-4-3-5-11-32)28-42(45)43-29-37(21-26-46(43)54)48-30-36-12-6-8-14-47(36)55-48;1-47(2)38-27-32(18-19-33(38)34-20-23-44-45(46(34)47)35-13-7-9-15-43(35)50-44)48-39-21-16-29(28-10-4-3-5-11-28)24-36(39)37-25-31(17-22-40(37)48)42-26-30-12-6-8-14-41(30)49-42;1-41(2)32-23-26(16-17-27(32)29-18-20-38-39(40(29)41)30-11-5-8-14-37(30)44-38)42-33-12-6-4-10-28(33)31-21-25(15-19-34(31)42)36-22-24-9-3-7-13-35(24)43-36/h3-31H,1-2H3;3-27H,1-2H3;3-23H,1-2H3. The molecule has 30 aromatic rings. The number of para-hydroxylation sites is 4. The minimum absolute atomic E-state index is 0.128. The van der Waals surface area contributed by atoms with Crippen LogP contribution in [0.25, 0.3) is 277 Å². The molecule has 6 nitrogen and oxygen atoms in total. The highest BCUT2D eigenvalue weighted by atomic mass is 32.1. The summed E-state index contributed by atoms with van der Waals surface area (Å²) in [6.07, 6.45) is 0. The molecule has 0 unspecified atom stereocenters. The fourth-order valence-corrected chi connectivity index (χ4v) is 29.2. The van der Waals surface area contributed by atoms with Crippen molar-refractivity contribution in [1.82, 2.24) is 13.7 Å². The fraction of sp³-hybridized carbons (Fsp3) is 0.0638. The van der Waals surface area contributed by atoms with Gasteiger partial charge in [0.25, 0.3) is 0 Å². The molecule has 0 saturated heterocycles. The molecule has 0 aliphatic heterocycles. The second-order valence-corrected chi connectivity index (χ2v) is 45.6. The highest BCUT2D eigenvalue weighted by Gasteiger charge is 2.43. The Labute approximate surface area is 876 Å². The number of hydrogen-bond acceptors (Lipinski definition) is 6. The van der Waals surface area contributed by atoms with Crippen molar-refractivity contribution in [2.75, 3.05) is 0 Å². The Morgan fingerprint density at radius 1 is 0.180 bits per heavy atom. The van der Waals surface area contributed by atoms with Gasteiger partial charge in [-0.1, -0.05) is 302 Å². The Kier molecular flexibility index (Phi) is 18.8. The molecule has 708 valence electrons. The zero-order valence-corrected chi connectivity index (χ0v) is 85.5. The van der Waals surface area contributed by atoms with Gasteiger partial charge in [0.1, 0.15) is 34.0 Å². The molecule has 33 rings (SSSR count). The van der Waals surface area contributed by atoms with Crippen molar-refractivity contribution in [2.24, 2.45) is 0 Å². The molecule has 0 amide bonds. The summed E-state index contributed by atoms with van der Waals surface area (Å²) in [4.78, 5) is 0. The van der Waals surface area contributed by atoms with E-state index in [1.807, 2.05) is 70.4 Å². The summed E-state index contributed by atoms with van der Waals surface area (Å²) in [6.45, 7) is 14.4. The SMILES string of the molecule is CC1(C)c2cc(-n3c4ccc(-c5ccc(-c6ccccc6)cc5)cc4c4cc(-c5cc6ccccc6o5)ccc43)ccc2-c2ccc3sc4ccccc4c3c21.CC1(C)c2cc(-n3c4ccc(-c5ccccc5)cc4c4cc(-c5cc6ccccc6o5)ccc43)ccc2-c2ccc3sc4ccccc4c3c21.CC1(C)c2cc(-n3c4ccccc4c4cc(-c5cc6ccccc6o5)ccc43)ccc2-c2ccc3sc4ccccc4c3c21. The largest absolute Gasteiger partial charge is 0.456 e. The van der Waals surface area contributed by atoms with Gasteiger partial charge in [-0.2, -0.15) is 0 Å². The van der Waals surface area contributed by atoms with E-state index < -0.39 is 0 Å². The maximum absolute atomic E-state index is 6.40.